The van der Waals surface area contributed by atoms with Crippen LogP contribution in [0.4, 0.5) is 5.69 Å². The molecule has 5 nitrogen and oxygen atoms in total. The highest BCUT2D eigenvalue weighted by Crippen LogP contribution is 2.23. The predicted molar refractivity (Wildman–Crippen MR) is 70.1 cm³/mol. The van der Waals surface area contributed by atoms with Crippen LogP contribution in [0.3, 0.4) is 0 Å². The molecule has 1 aromatic carbocycles. The molecule has 0 spiro atoms. The van der Waals surface area contributed by atoms with Crippen LogP contribution in [0.15, 0.2) is 35.5 Å². The van der Waals surface area contributed by atoms with Gasteiger partial charge < -0.3 is 0 Å². The lowest BCUT2D eigenvalue weighted by Gasteiger charge is -2.19. The molecule has 0 atom stereocenters. The van der Waals surface area contributed by atoms with Gasteiger partial charge in [-0.05, 0) is 37.1 Å². The number of hydrogen-bond acceptors (Lipinski definition) is 3. The van der Waals surface area contributed by atoms with Crippen LogP contribution in [-0.4, -0.2) is 25.7 Å². The molecule has 0 aliphatic heterocycles. The Balaban J connectivity index is 2.46. The predicted octanol–water partition coefficient (Wildman–Crippen LogP) is 1.85. The smallest absolute Gasteiger partial charge is 0.267 e. The molecule has 96 valence electrons. The summed E-state index contributed by atoms with van der Waals surface area (Å²) in [6.45, 7) is 3.88. The van der Waals surface area contributed by atoms with E-state index in [-0.39, 0.29) is 4.90 Å². The minimum Gasteiger partial charge on any atom is -0.284 e. The zero-order chi connectivity index (χ0) is 13.3. The molecular weight excluding hydrogens is 250 g/mol. The van der Waals surface area contributed by atoms with Crippen LogP contribution in [0.25, 0.3) is 0 Å². The molecule has 0 amide bonds. The molecule has 1 heterocycles. The van der Waals surface area contributed by atoms with E-state index in [4.69, 9.17) is 0 Å². The van der Waals surface area contributed by atoms with Crippen LogP contribution < -0.4 is 4.31 Å². The number of H-pyrrole nitrogens is 1. The largest absolute Gasteiger partial charge is 0.284 e. The lowest BCUT2D eigenvalue weighted by Crippen LogP contribution is -2.26. The second-order valence-electron chi connectivity index (χ2n) is 4.25. The van der Waals surface area contributed by atoms with E-state index in [1.165, 1.54) is 23.7 Å². The maximum Gasteiger partial charge on any atom is 0.267 e. The van der Waals surface area contributed by atoms with Gasteiger partial charge in [0.2, 0.25) is 0 Å². The van der Waals surface area contributed by atoms with Crippen molar-refractivity contribution >= 4 is 15.7 Å². The molecule has 0 saturated heterocycles. The molecule has 1 aromatic heterocycles. The van der Waals surface area contributed by atoms with Gasteiger partial charge in [0.25, 0.3) is 10.0 Å². The van der Waals surface area contributed by atoms with Gasteiger partial charge in [-0.1, -0.05) is 6.07 Å². The van der Waals surface area contributed by atoms with Crippen molar-refractivity contribution in [2.24, 2.45) is 0 Å². The number of aromatic nitrogens is 2. The minimum absolute atomic E-state index is 0.157. The highest BCUT2D eigenvalue weighted by Gasteiger charge is 2.22. The summed E-state index contributed by atoms with van der Waals surface area (Å²) in [4.78, 5) is 0.157. The first-order chi connectivity index (χ1) is 8.41. The summed E-state index contributed by atoms with van der Waals surface area (Å²) in [7, 11) is -2.00. The van der Waals surface area contributed by atoms with Crippen LogP contribution in [0.5, 0.6) is 0 Å². The molecule has 0 fully saturated rings. The first-order valence-electron chi connectivity index (χ1n) is 5.47. The van der Waals surface area contributed by atoms with Gasteiger partial charge >= 0.3 is 0 Å². The molecule has 0 aliphatic rings. The summed E-state index contributed by atoms with van der Waals surface area (Å²) in [6.07, 6.45) is 2.67. The Morgan fingerprint density at radius 3 is 2.28 bits per heavy atom. The van der Waals surface area contributed by atoms with E-state index in [2.05, 4.69) is 10.2 Å². The fourth-order valence-electron chi connectivity index (χ4n) is 1.81. The lowest BCUT2D eigenvalue weighted by molar-refractivity contribution is 0.594. The molecule has 0 radical (unpaired) electrons. The molecule has 0 aliphatic carbocycles. The van der Waals surface area contributed by atoms with Gasteiger partial charge in [0, 0.05) is 13.2 Å². The topological polar surface area (TPSA) is 66.1 Å². The van der Waals surface area contributed by atoms with Gasteiger partial charge in [0.15, 0.2) is 0 Å². The number of benzene rings is 1. The summed E-state index contributed by atoms with van der Waals surface area (Å²) in [5.74, 6) is 0. The zero-order valence-electron chi connectivity index (χ0n) is 10.5. The summed E-state index contributed by atoms with van der Waals surface area (Å²) in [5.41, 5.74) is 2.70. The molecule has 2 rings (SSSR count). The van der Waals surface area contributed by atoms with Crippen LogP contribution in [-0.2, 0) is 10.0 Å². The number of sulfonamides is 1. The van der Waals surface area contributed by atoms with E-state index in [1.54, 1.807) is 0 Å². The molecule has 6 heteroatoms. The van der Waals surface area contributed by atoms with E-state index < -0.39 is 10.0 Å². The average molecular weight is 265 g/mol. The first kappa shape index (κ1) is 12.6. The van der Waals surface area contributed by atoms with Crippen molar-refractivity contribution in [3.63, 3.8) is 0 Å². The zero-order valence-corrected chi connectivity index (χ0v) is 11.3. The van der Waals surface area contributed by atoms with Gasteiger partial charge in [0.1, 0.15) is 4.90 Å². The Morgan fingerprint density at radius 1 is 1.17 bits per heavy atom. The summed E-state index contributed by atoms with van der Waals surface area (Å²) < 4.78 is 25.8. The van der Waals surface area contributed by atoms with Crippen LogP contribution >= 0.6 is 0 Å². The van der Waals surface area contributed by atoms with Gasteiger partial charge in [-0.3, -0.25) is 9.40 Å². The SMILES string of the molecule is Cc1cc(C)cc(N(C)S(=O)(=O)c2cn[nH]c2)c1. The van der Waals surface area contributed by atoms with Crippen LogP contribution in [0.2, 0.25) is 0 Å². The number of hydrogen-bond donors (Lipinski definition) is 1. The van der Waals surface area contributed by atoms with Gasteiger partial charge in [-0.15, -0.1) is 0 Å². The highest BCUT2D eigenvalue weighted by molar-refractivity contribution is 7.92. The van der Waals surface area contributed by atoms with Gasteiger partial charge in [-0.2, -0.15) is 5.10 Å². The van der Waals surface area contributed by atoms with Crippen molar-refractivity contribution in [2.45, 2.75) is 18.7 Å². The Labute approximate surface area is 107 Å². The Hall–Kier alpha value is -1.82. The van der Waals surface area contributed by atoms with E-state index in [9.17, 15) is 8.42 Å². The summed E-state index contributed by atoms with van der Waals surface area (Å²) >= 11 is 0. The number of aryl methyl sites for hydroxylation is 2. The van der Waals surface area contributed by atoms with Crippen molar-refractivity contribution in [1.82, 2.24) is 10.2 Å². The van der Waals surface area contributed by atoms with Crippen molar-refractivity contribution in [3.05, 3.63) is 41.7 Å². The fraction of sp³-hybridized carbons (Fsp3) is 0.250. The van der Waals surface area contributed by atoms with Crippen molar-refractivity contribution in [3.8, 4) is 0 Å². The molecule has 2 aromatic rings. The van der Waals surface area contributed by atoms with E-state index >= 15 is 0 Å². The van der Waals surface area contributed by atoms with Gasteiger partial charge in [0.05, 0.1) is 11.9 Å². The maximum atomic E-state index is 12.3. The number of aromatic amines is 1. The van der Waals surface area contributed by atoms with Gasteiger partial charge in [-0.25, -0.2) is 8.42 Å². The second-order valence-corrected chi connectivity index (χ2v) is 6.22. The van der Waals surface area contributed by atoms with Crippen molar-refractivity contribution in [2.75, 3.05) is 11.4 Å². The van der Waals surface area contributed by atoms with E-state index in [1.807, 2.05) is 32.0 Å². The number of nitrogens with zero attached hydrogens (tertiary/aromatic N) is 2. The quantitative estimate of drug-likeness (QED) is 0.921. The molecular formula is C12H15N3O2S. The second kappa shape index (κ2) is 4.45. The normalized spacial score (nSPS) is 11.5. The van der Waals surface area contributed by atoms with Crippen molar-refractivity contribution < 1.29 is 8.42 Å². The third-order valence-corrected chi connectivity index (χ3v) is 4.45. The minimum atomic E-state index is -3.54. The Morgan fingerprint density at radius 2 is 1.78 bits per heavy atom. The Kier molecular flexibility index (Phi) is 3.13. The summed E-state index contributed by atoms with van der Waals surface area (Å²) in [6, 6.07) is 5.68. The third kappa shape index (κ3) is 2.24. The number of rotatable bonds is 3. The van der Waals surface area contributed by atoms with E-state index in [0.29, 0.717) is 5.69 Å². The van der Waals surface area contributed by atoms with Crippen molar-refractivity contribution in [1.29, 1.82) is 0 Å². The molecule has 1 N–H and O–H groups in total. The maximum absolute atomic E-state index is 12.3. The fourth-order valence-corrected chi connectivity index (χ4v) is 2.90. The average Bonchev–Trinajstić information content (AvgIpc) is 2.80. The highest BCUT2D eigenvalue weighted by atomic mass is 32.2. The molecule has 0 saturated carbocycles. The van der Waals surface area contributed by atoms with Crippen LogP contribution in [0.1, 0.15) is 11.1 Å². The first-order valence-corrected chi connectivity index (χ1v) is 6.91. The standard InChI is InChI=1S/C12H15N3O2S/c1-9-4-10(2)6-11(5-9)15(3)18(16,17)12-7-13-14-8-12/h4-8H,1-3H3,(H,13,14). The third-order valence-electron chi connectivity index (χ3n) is 2.70. The van der Waals surface area contributed by atoms with E-state index in [0.717, 1.165) is 11.1 Å². The molecule has 0 unspecified atom stereocenters. The lowest BCUT2D eigenvalue weighted by atomic mass is 10.1. The molecule has 0 bridgehead atoms. The number of nitrogens with one attached hydrogen (secondary N) is 1. The Bertz CT molecular complexity index is 628. The summed E-state index contributed by atoms with van der Waals surface area (Å²) in [5, 5.41) is 6.18. The number of anilines is 1. The molecule has 18 heavy (non-hydrogen) atoms. The van der Waals surface area contributed by atoms with Crippen LogP contribution in [0, 0.1) is 13.8 Å². The monoisotopic (exact) mass is 265 g/mol.